The van der Waals surface area contributed by atoms with Gasteiger partial charge in [-0.3, -0.25) is 0 Å². The monoisotopic (exact) mass is 370 g/mol. The lowest BCUT2D eigenvalue weighted by Crippen LogP contribution is -2.07. The van der Waals surface area contributed by atoms with Crippen LogP contribution in [0.25, 0.3) is 0 Å². The molecule has 1 aromatic rings. The largest absolute Gasteiger partial charge is 0.465 e. The number of benzene rings is 1. The molecule has 0 amide bonds. The fourth-order valence-corrected chi connectivity index (χ4v) is 3.42. The molecule has 1 heterocycles. The molecule has 0 bridgehead atoms. The van der Waals surface area contributed by atoms with Crippen molar-refractivity contribution in [3.05, 3.63) is 59.7 Å². The van der Waals surface area contributed by atoms with Crippen molar-refractivity contribution in [2.75, 3.05) is 7.11 Å². The Hall–Kier alpha value is -1.87. The van der Waals surface area contributed by atoms with E-state index in [4.69, 9.17) is 9.47 Å². The molecule has 0 N–H and O–H groups in total. The molecule has 0 saturated carbocycles. The molecule has 2 rings (SSSR count). The van der Waals surface area contributed by atoms with E-state index < -0.39 is 0 Å². The number of allylic oxidation sites excluding steroid dienone is 4. The summed E-state index contributed by atoms with van der Waals surface area (Å²) in [6, 6.07) is 7.60. The second kappa shape index (κ2) is 11.8. The molecule has 27 heavy (non-hydrogen) atoms. The number of rotatable bonds is 12. The van der Waals surface area contributed by atoms with Crippen LogP contribution in [-0.2, 0) is 9.47 Å². The van der Waals surface area contributed by atoms with Crippen molar-refractivity contribution >= 4 is 5.97 Å². The minimum absolute atomic E-state index is 0.103. The number of epoxide rings is 1. The summed E-state index contributed by atoms with van der Waals surface area (Å²) in [6.45, 7) is 4.45. The highest BCUT2D eigenvalue weighted by molar-refractivity contribution is 5.89. The Kier molecular flexibility index (Phi) is 9.34. The van der Waals surface area contributed by atoms with Crippen LogP contribution >= 0.6 is 0 Å². The molecule has 1 aliphatic rings. The van der Waals surface area contributed by atoms with E-state index in [2.05, 4.69) is 38.2 Å². The Morgan fingerprint density at radius 1 is 1.19 bits per heavy atom. The van der Waals surface area contributed by atoms with E-state index in [0.29, 0.717) is 11.5 Å². The summed E-state index contributed by atoms with van der Waals surface area (Å²) < 4.78 is 10.8. The number of carbonyl (C=O) groups is 1. The lowest BCUT2D eigenvalue weighted by Gasteiger charge is -2.09. The van der Waals surface area contributed by atoms with E-state index in [1.165, 1.54) is 32.8 Å². The van der Waals surface area contributed by atoms with Crippen molar-refractivity contribution in [3.8, 4) is 0 Å². The predicted molar refractivity (Wildman–Crippen MR) is 111 cm³/mol. The molecule has 148 valence electrons. The average molecular weight is 371 g/mol. The number of hydrogen-bond acceptors (Lipinski definition) is 3. The number of hydrogen-bond donors (Lipinski definition) is 0. The first-order chi connectivity index (χ1) is 13.2. The summed E-state index contributed by atoms with van der Waals surface area (Å²) in [5.41, 5.74) is 1.66. The highest BCUT2D eigenvalue weighted by atomic mass is 16.6. The van der Waals surface area contributed by atoms with Gasteiger partial charge in [-0.15, -0.1) is 0 Å². The summed E-state index contributed by atoms with van der Waals surface area (Å²) in [6.07, 6.45) is 17.7. The van der Waals surface area contributed by atoms with Crippen molar-refractivity contribution in [1.29, 1.82) is 0 Å². The zero-order valence-corrected chi connectivity index (χ0v) is 17.0. The first-order valence-electron chi connectivity index (χ1n) is 10.3. The van der Waals surface area contributed by atoms with Crippen LogP contribution in [0.15, 0.2) is 48.6 Å². The quantitative estimate of drug-likeness (QED) is 0.185. The molecule has 0 aromatic heterocycles. The number of ether oxygens (including phenoxy) is 2. The molecule has 3 heteroatoms. The van der Waals surface area contributed by atoms with E-state index in [0.717, 1.165) is 24.8 Å². The van der Waals surface area contributed by atoms with Gasteiger partial charge in [0.05, 0.1) is 18.8 Å². The maximum Gasteiger partial charge on any atom is 0.337 e. The molecular weight excluding hydrogens is 336 g/mol. The van der Waals surface area contributed by atoms with Crippen LogP contribution in [-0.4, -0.2) is 19.2 Å². The molecule has 1 aliphatic heterocycles. The SMILES string of the molecule is CCCCC/C=C/C/C=C\CC(CC)C1OC1c1cccc(C(=O)OC)c1. The van der Waals surface area contributed by atoms with E-state index in [-0.39, 0.29) is 18.2 Å². The van der Waals surface area contributed by atoms with Crippen molar-refractivity contribution in [2.24, 2.45) is 5.92 Å². The van der Waals surface area contributed by atoms with E-state index >= 15 is 0 Å². The standard InChI is InChI=1S/C24H34O3/c1-4-6-7-8-9-10-11-12-13-15-19(5-2)22-23(27-22)20-16-14-17-21(18-20)24(25)26-3/h9-10,12-14,16-19,22-23H,4-8,11,15H2,1-3H3/b10-9+,13-12-. The van der Waals surface area contributed by atoms with Crippen LogP contribution in [0.1, 0.15) is 80.8 Å². The first-order valence-corrected chi connectivity index (χ1v) is 10.3. The summed E-state index contributed by atoms with van der Waals surface area (Å²) in [5.74, 6) is 0.216. The van der Waals surface area contributed by atoms with E-state index in [1.54, 1.807) is 6.07 Å². The van der Waals surface area contributed by atoms with Crippen LogP contribution < -0.4 is 0 Å². The number of carbonyl (C=O) groups excluding carboxylic acids is 1. The van der Waals surface area contributed by atoms with Gasteiger partial charge in [-0.1, -0.05) is 69.5 Å². The summed E-state index contributed by atoms with van der Waals surface area (Å²) >= 11 is 0. The van der Waals surface area contributed by atoms with E-state index in [9.17, 15) is 4.79 Å². The second-order valence-corrected chi connectivity index (χ2v) is 7.22. The molecular formula is C24H34O3. The fourth-order valence-electron chi connectivity index (χ4n) is 3.42. The molecule has 1 saturated heterocycles. The molecule has 3 unspecified atom stereocenters. The van der Waals surface area contributed by atoms with Gasteiger partial charge in [-0.05, 0) is 49.3 Å². The third-order valence-electron chi connectivity index (χ3n) is 5.17. The van der Waals surface area contributed by atoms with Crippen molar-refractivity contribution in [2.45, 2.75) is 71.0 Å². The van der Waals surface area contributed by atoms with Gasteiger partial charge in [0.1, 0.15) is 6.10 Å². The van der Waals surface area contributed by atoms with Gasteiger partial charge in [0.2, 0.25) is 0 Å². The van der Waals surface area contributed by atoms with Gasteiger partial charge >= 0.3 is 5.97 Å². The van der Waals surface area contributed by atoms with E-state index in [1.807, 2.05) is 18.2 Å². The Balaban J connectivity index is 1.77. The van der Waals surface area contributed by atoms with Crippen LogP contribution in [0.3, 0.4) is 0 Å². The molecule has 1 aromatic carbocycles. The molecule has 3 nitrogen and oxygen atoms in total. The average Bonchev–Trinajstić information content (AvgIpc) is 3.49. The van der Waals surface area contributed by atoms with Crippen molar-refractivity contribution < 1.29 is 14.3 Å². The third-order valence-corrected chi connectivity index (χ3v) is 5.17. The van der Waals surface area contributed by atoms with Gasteiger partial charge in [0.15, 0.2) is 0 Å². The van der Waals surface area contributed by atoms with Crippen LogP contribution in [0, 0.1) is 5.92 Å². The summed E-state index contributed by atoms with van der Waals surface area (Å²) in [5, 5.41) is 0. The van der Waals surface area contributed by atoms with Gasteiger partial charge in [-0.2, -0.15) is 0 Å². The third kappa shape index (κ3) is 6.99. The Morgan fingerprint density at radius 3 is 2.74 bits per heavy atom. The normalized spacial score (nSPS) is 20.3. The number of unbranched alkanes of at least 4 members (excludes halogenated alkanes) is 3. The lowest BCUT2D eigenvalue weighted by molar-refractivity contribution is 0.0600. The zero-order valence-electron chi connectivity index (χ0n) is 17.0. The predicted octanol–water partition coefficient (Wildman–Crippen LogP) is 6.41. The maximum absolute atomic E-state index is 11.7. The van der Waals surface area contributed by atoms with Crippen molar-refractivity contribution in [3.63, 3.8) is 0 Å². The first kappa shape index (κ1) is 21.4. The van der Waals surface area contributed by atoms with Gasteiger partial charge in [-0.25, -0.2) is 4.79 Å². The zero-order chi connectivity index (χ0) is 19.5. The maximum atomic E-state index is 11.7. The number of methoxy groups -OCH3 is 1. The Labute approximate surface area is 164 Å². The molecule has 0 spiro atoms. The minimum atomic E-state index is -0.299. The van der Waals surface area contributed by atoms with Crippen molar-refractivity contribution in [1.82, 2.24) is 0 Å². The van der Waals surface area contributed by atoms with Crippen LogP contribution in [0.5, 0.6) is 0 Å². The van der Waals surface area contributed by atoms with Gasteiger partial charge in [0, 0.05) is 0 Å². The lowest BCUT2D eigenvalue weighted by atomic mass is 9.93. The molecule has 0 radical (unpaired) electrons. The highest BCUT2D eigenvalue weighted by Crippen LogP contribution is 2.45. The topological polar surface area (TPSA) is 38.8 Å². The van der Waals surface area contributed by atoms with Crippen LogP contribution in [0.4, 0.5) is 0 Å². The van der Waals surface area contributed by atoms with Gasteiger partial charge in [0.25, 0.3) is 0 Å². The molecule has 1 fully saturated rings. The Bertz CT molecular complexity index is 632. The summed E-state index contributed by atoms with van der Waals surface area (Å²) in [7, 11) is 1.41. The number of esters is 1. The molecule has 0 aliphatic carbocycles. The second-order valence-electron chi connectivity index (χ2n) is 7.22. The molecule has 3 atom stereocenters. The fraction of sp³-hybridized carbons (Fsp3) is 0.542. The highest BCUT2D eigenvalue weighted by Gasteiger charge is 2.44. The minimum Gasteiger partial charge on any atom is -0.465 e. The van der Waals surface area contributed by atoms with Crippen LogP contribution in [0.2, 0.25) is 0 Å². The Morgan fingerprint density at radius 2 is 2.00 bits per heavy atom. The van der Waals surface area contributed by atoms with Gasteiger partial charge < -0.3 is 9.47 Å². The summed E-state index contributed by atoms with van der Waals surface area (Å²) in [4.78, 5) is 11.7. The smallest absolute Gasteiger partial charge is 0.337 e.